The highest BCUT2D eigenvalue weighted by atomic mass is 127. The van der Waals surface area contributed by atoms with Gasteiger partial charge in [-0.25, -0.2) is 14.6 Å². The zero-order chi connectivity index (χ0) is 33.1. The number of hydrogen-bond acceptors (Lipinski definition) is 8. The van der Waals surface area contributed by atoms with E-state index >= 15 is 0 Å². The fourth-order valence-electron chi connectivity index (χ4n) is 5.00. The summed E-state index contributed by atoms with van der Waals surface area (Å²) in [4.78, 5) is 43.7. The molecule has 0 spiro atoms. The smallest absolute Gasteiger partial charge is 0.338 e. The minimum Gasteiger partial charge on any atom is -0.491 e. The molecule has 1 N–H and O–H groups in total. The third kappa shape index (κ3) is 7.23. The zero-order valence-electron chi connectivity index (χ0n) is 25.4. The Labute approximate surface area is 296 Å². The van der Waals surface area contributed by atoms with Crippen LogP contribution in [0.1, 0.15) is 60.8 Å². The first-order valence-electron chi connectivity index (χ1n) is 14.4. The number of nitrogens with zero attached hydrogens (tertiary/aromatic N) is 2. The number of benzene rings is 3. The number of carbonyl (C=O) groups excluding carboxylic acids is 1. The molecule has 2 heterocycles. The van der Waals surface area contributed by atoms with Crippen molar-refractivity contribution in [3.63, 3.8) is 0 Å². The van der Waals surface area contributed by atoms with E-state index in [0.717, 1.165) is 18.3 Å². The molecule has 1 aliphatic rings. The fourth-order valence-corrected chi connectivity index (χ4v) is 8.18. The van der Waals surface area contributed by atoms with Crippen LogP contribution in [0.15, 0.2) is 81.7 Å². The third-order valence-electron chi connectivity index (χ3n) is 7.00. The van der Waals surface area contributed by atoms with Crippen molar-refractivity contribution in [2.24, 2.45) is 4.99 Å². The monoisotopic (exact) mass is 864 g/mol. The number of rotatable bonds is 10. The molecule has 1 atom stereocenters. The molecule has 9 nitrogen and oxygen atoms in total. The van der Waals surface area contributed by atoms with Crippen molar-refractivity contribution in [2.75, 3.05) is 6.61 Å². The van der Waals surface area contributed by atoms with Gasteiger partial charge in [0.05, 0.1) is 41.2 Å². The highest BCUT2D eigenvalue weighted by Crippen LogP contribution is 2.36. The maximum absolute atomic E-state index is 14.1. The lowest BCUT2D eigenvalue weighted by Gasteiger charge is -2.26. The van der Waals surface area contributed by atoms with Crippen LogP contribution >= 0.6 is 56.5 Å². The highest BCUT2D eigenvalue weighted by molar-refractivity contribution is 14.1. The van der Waals surface area contributed by atoms with Gasteiger partial charge in [0, 0.05) is 5.56 Å². The minimum atomic E-state index is -0.977. The number of halogens is 2. The van der Waals surface area contributed by atoms with E-state index < -0.39 is 18.0 Å². The molecule has 0 aliphatic carbocycles. The number of carbonyl (C=O) groups is 2. The summed E-state index contributed by atoms with van der Waals surface area (Å²) in [6.45, 7) is 7.80. The van der Waals surface area contributed by atoms with Crippen LogP contribution in [-0.4, -0.2) is 34.3 Å². The average molecular weight is 864 g/mol. The summed E-state index contributed by atoms with van der Waals surface area (Å²) in [5.41, 5.74) is 3.03. The Morgan fingerprint density at radius 2 is 1.76 bits per heavy atom. The van der Waals surface area contributed by atoms with Crippen LogP contribution in [0.5, 0.6) is 11.5 Å². The number of esters is 1. The molecular formula is C34H30I2N2O7S. The van der Waals surface area contributed by atoms with Crippen molar-refractivity contribution in [3.8, 4) is 11.5 Å². The van der Waals surface area contributed by atoms with Crippen LogP contribution in [-0.2, 0) is 16.1 Å². The Balaban J connectivity index is 1.54. The Morgan fingerprint density at radius 3 is 2.39 bits per heavy atom. The maximum Gasteiger partial charge on any atom is 0.338 e. The van der Waals surface area contributed by atoms with Crippen molar-refractivity contribution < 1.29 is 28.9 Å². The molecule has 12 heteroatoms. The lowest BCUT2D eigenvalue weighted by molar-refractivity contribution is -0.139. The first-order valence-corrected chi connectivity index (χ1v) is 17.3. The largest absolute Gasteiger partial charge is 0.491 e. The van der Waals surface area contributed by atoms with Crippen molar-refractivity contribution >= 4 is 74.5 Å². The van der Waals surface area contributed by atoms with Gasteiger partial charge in [-0.2, -0.15) is 0 Å². The summed E-state index contributed by atoms with van der Waals surface area (Å²) < 4.78 is 21.4. The van der Waals surface area contributed by atoms with Gasteiger partial charge < -0.3 is 19.3 Å². The molecule has 1 aromatic heterocycles. The van der Waals surface area contributed by atoms with Gasteiger partial charge in [-0.15, -0.1) is 0 Å². The van der Waals surface area contributed by atoms with E-state index in [0.29, 0.717) is 37.7 Å². The molecular weight excluding hydrogens is 834 g/mol. The number of hydrogen-bond donors (Lipinski definition) is 1. The van der Waals surface area contributed by atoms with Gasteiger partial charge in [-0.1, -0.05) is 41.7 Å². The van der Waals surface area contributed by atoms with E-state index in [1.807, 2.05) is 56.3 Å². The molecule has 3 aromatic carbocycles. The number of allylic oxidation sites excluding steroid dienone is 1. The van der Waals surface area contributed by atoms with Gasteiger partial charge in [0.2, 0.25) is 0 Å². The average Bonchev–Trinajstić information content (AvgIpc) is 3.30. The fraction of sp³-hybridized carbons (Fsp3) is 0.235. The molecule has 0 amide bonds. The van der Waals surface area contributed by atoms with E-state index in [-0.39, 0.29) is 30.4 Å². The highest BCUT2D eigenvalue weighted by Gasteiger charge is 2.35. The maximum atomic E-state index is 14.1. The van der Waals surface area contributed by atoms with Crippen LogP contribution in [0, 0.1) is 7.14 Å². The van der Waals surface area contributed by atoms with E-state index in [1.165, 1.54) is 11.3 Å². The van der Waals surface area contributed by atoms with Gasteiger partial charge in [0.1, 0.15) is 24.1 Å². The lowest BCUT2D eigenvalue weighted by Crippen LogP contribution is -2.40. The number of aromatic carboxylic acids is 1. The van der Waals surface area contributed by atoms with Crippen LogP contribution in [0.3, 0.4) is 0 Å². The van der Waals surface area contributed by atoms with Crippen LogP contribution in [0.2, 0.25) is 0 Å². The number of ether oxygens (including phenoxy) is 3. The standard InChI is InChI=1S/C34H30I2N2O7S/c1-5-43-33(42)28-19(4)37-34-38(29(28)23-8-6-7-9-26(23)45-18(2)3)31(39)27(46-34)16-21-14-24(35)30(25(36)15-21)44-17-20-10-12-22(13-11-20)32(40)41/h6-16,18,29H,5,17H2,1-4H3,(H,40,41)/b27-16+/t29-/m0/s1. The molecule has 46 heavy (non-hydrogen) atoms. The van der Waals surface area contributed by atoms with Gasteiger partial charge in [0.25, 0.3) is 5.56 Å². The number of fused-ring (bicyclic) bond motifs is 1. The zero-order valence-corrected chi connectivity index (χ0v) is 30.5. The summed E-state index contributed by atoms with van der Waals surface area (Å²) >= 11 is 5.66. The normalized spacial score (nSPS) is 14.6. The Kier molecular flexibility index (Phi) is 10.7. The Hall–Kier alpha value is -3.50. The second-order valence-electron chi connectivity index (χ2n) is 10.6. The van der Waals surface area contributed by atoms with Gasteiger partial charge in [-0.3, -0.25) is 9.36 Å². The molecule has 0 saturated carbocycles. The molecule has 4 aromatic rings. The van der Waals surface area contributed by atoms with Crippen LogP contribution in [0.25, 0.3) is 6.08 Å². The van der Waals surface area contributed by atoms with Crippen molar-refractivity contribution in [3.05, 3.63) is 121 Å². The second kappa shape index (κ2) is 14.5. The topological polar surface area (TPSA) is 116 Å². The summed E-state index contributed by atoms with van der Waals surface area (Å²) in [6.07, 6.45) is 1.70. The van der Waals surface area contributed by atoms with Crippen molar-refractivity contribution in [1.82, 2.24) is 4.57 Å². The first kappa shape index (κ1) is 33.9. The summed E-state index contributed by atoms with van der Waals surface area (Å²) in [6, 6.07) is 17.1. The van der Waals surface area contributed by atoms with Gasteiger partial charge >= 0.3 is 11.9 Å². The summed E-state index contributed by atoms with van der Waals surface area (Å²) in [7, 11) is 0. The van der Waals surface area contributed by atoms with Crippen molar-refractivity contribution in [2.45, 2.75) is 46.4 Å². The van der Waals surface area contributed by atoms with Crippen molar-refractivity contribution in [1.29, 1.82) is 0 Å². The number of para-hydroxylation sites is 1. The van der Waals surface area contributed by atoms with E-state index in [1.54, 1.807) is 42.7 Å². The third-order valence-corrected chi connectivity index (χ3v) is 9.58. The van der Waals surface area contributed by atoms with E-state index in [9.17, 15) is 14.4 Å². The molecule has 0 unspecified atom stereocenters. The van der Waals surface area contributed by atoms with Gasteiger partial charge in [0.15, 0.2) is 4.80 Å². The predicted octanol–water partition coefficient (Wildman–Crippen LogP) is 6.07. The Bertz CT molecular complexity index is 2010. The molecule has 238 valence electrons. The molecule has 5 rings (SSSR count). The minimum absolute atomic E-state index is 0.123. The van der Waals surface area contributed by atoms with E-state index in [2.05, 4.69) is 50.2 Å². The second-order valence-corrected chi connectivity index (χ2v) is 13.9. The SMILES string of the molecule is CCOC(=O)C1=C(C)N=c2s/c(=C/c3cc(I)c(OCc4ccc(C(=O)O)cc4)c(I)c3)c(=O)n2[C@H]1c1ccccc1OC(C)C. The van der Waals surface area contributed by atoms with Gasteiger partial charge in [-0.05, 0) is 120 Å². The first-order chi connectivity index (χ1) is 22.0. The number of carboxylic acids is 1. The number of thiazole rings is 1. The number of carboxylic acid groups (broad SMARTS) is 1. The number of aromatic nitrogens is 1. The van der Waals surface area contributed by atoms with Crippen LogP contribution in [0.4, 0.5) is 0 Å². The molecule has 0 radical (unpaired) electrons. The predicted molar refractivity (Wildman–Crippen MR) is 192 cm³/mol. The van der Waals surface area contributed by atoms with Crippen LogP contribution < -0.4 is 24.4 Å². The molecule has 0 saturated heterocycles. The molecule has 0 fully saturated rings. The lowest BCUT2D eigenvalue weighted by atomic mass is 9.95. The van der Waals surface area contributed by atoms with E-state index in [4.69, 9.17) is 19.3 Å². The molecule has 1 aliphatic heterocycles. The summed E-state index contributed by atoms with van der Waals surface area (Å²) in [5, 5.41) is 9.14. The summed E-state index contributed by atoms with van der Waals surface area (Å²) in [5.74, 6) is -0.237. The molecule has 0 bridgehead atoms. The quantitative estimate of drug-likeness (QED) is 0.152. The Morgan fingerprint density at radius 1 is 1.09 bits per heavy atom.